The molecule has 0 aliphatic heterocycles. The number of hydrogen-bond donors (Lipinski definition) is 0. The standard InChI is InChI=1S/C10H6BrCl2F/c11-9-5-7(13)6-10(14)8(9)3-1-2-4-12/h5-6H,2,4H2. The molecule has 0 amide bonds. The van der Waals surface area contributed by atoms with Gasteiger partial charge in [-0.2, -0.15) is 0 Å². The zero-order valence-corrected chi connectivity index (χ0v) is 10.2. The maximum atomic E-state index is 13.3. The predicted molar refractivity (Wildman–Crippen MR) is 61.3 cm³/mol. The fourth-order valence-corrected chi connectivity index (χ4v) is 1.83. The van der Waals surface area contributed by atoms with Gasteiger partial charge < -0.3 is 0 Å². The van der Waals surface area contributed by atoms with Crippen molar-refractivity contribution < 1.29 is 4.39 Å². The van der Waals surface area contributed by atoms with Crippen LogP contribution in [0.4, 0.5) is 4.39 Å². The zero-order valence-electron chi connectivity index (χ0n) is 7.08. The summed E-state index contributed by atoms with van der Waals surface area (Å²) >= 11 is 14.3. The molecule has 0 aliphatic carbocycles. The molecule has 0 spiro atoms. The second-order valence-corrected chi connectivity index (χ2v) is 4.15. The van der Waals surface area contributed by atoms with Gasteiger partial charge in [0, 0.05) is 21.8 Å². The molecule has 1 rings (SSSR count). The molecule has 0 bridgehead atoms. The number of benzene rings is 1. The van der Waals surface area contributed by atoms with Crippen molar-refractivity contribution in [3.63, 3.8) is 0 Å². The fraction of sp³-hybridized carbons (Fsp3) is 0.200. The second kappa shape index (κ2) is 5.60. The van der Waals surface area contributed by atoms with Crippen LogP contribution in [0.2, 0.25) is 5.02 Å². The number of halogens is 4. The molecular weight excluding hydrogens is 290 g/mol. The SMILES string of the molecule is Fc1cc(Cl)cc(Br)c1C#CCCCl. The van der Waals surface area contributed by atoms with E-state index in [2.05, 4.69) is 27.8 Å². The summed E-state index contributed by atoms with van der Waals surface area (Å²) in [6.45, 7) is 0. The highest BCUT2D eigenvalue weighted by molar-refractivity contribution is 9.10. The number of hydrogen-bond acceptors (Lipinski definition) is 0. The van der Waals surface area contributed by atoms with Gasteiger partial charge in [-0.05, 0) is 28.1 Å². The van der Waals surface area contributed by atoms with Crippen molar-refractivity contribution in [2.24, 2.45) is 0 Å². The summed E-state index contributed by atoms with van der Waals surface area (Å²) in [6.07, 6.45) is 0.538. The van der Waals surface area contributed by atoms with Gasteiger partial charge in [0.2, 0.25) is 0 Å². The van der Waals surface area contributed by atoms with E-state index in [1.165, 1.54) is 6.07 Å². The van der Waals surface area contributed by atoms with Crippen LogP contribution in [0.1, 0.15) is 12.0 Å². The van der Waals surface area contributed by atoms with Crippen molar-refractivity contribution >= 4 is 39.1 Å². The molecule has 14 heavy (non-hydrogen) atoms. The third-order valence-electron chi connectivity index (χ3n) is 1.44. The molecule has 0 N–H and O–H groups in total. The molecule has 1 aromatic rings. The Bertz CT molecular complexity index is 370. The lowest BCUT2D eigenvalue weighted by Crippen LogP contribution is -1.85. The van der Waals surface area contributed by atoms with E-state index in [1.807, 2.05) is 0 Å². The van der Waals surface area contributed by atoms with Crippen LogP contribution in [0.15, 0.2) is 16.6 Å². The summed E-state index contributed by atoms with van der Waals surface area (Å²) in [5.74, 6) is 5.47. The molecule has 74 valence electrons. The van der Waals surface area contributed by atoms with E-state index < -0.39 is 5.82 Å². The van der Waals surface area contributed by atoms with Crippen molar-refractivity contribution in [3.05, 3.63) is 33.0 Å². The van der Waals surface area contributed by atoms with Gasteiger partial charge in [-0.3, -0.25) is 0 Å². The minimum absolute atomic E-state index is 0.319. The molecule has 1 aromatic carbocycles. The van der Waals surface area contributed by atoms with E-state index in [1.54, 1.807) is 6.07 Å². The first-order valence-corrected chi connectivity index (χ1v) is 5.55. The molecule has 0 fully saturated rings. The summed E-state index contributed by atoms with van der Waals surface area (Å²) < 4.78 is 13.8. The van der Waals surface area contributed by atoms with Crippen LogP contribution in [-0.4, -0.2) is 5.88 Å². The van der Waals surface area contributed by atoms with Crippen molar-refractivity contribution in [2.45, 2.75) is 6.42 Å². The summed E-state index contributed by atoms with van der Waals surface area (Å²) in [6, 6.07) is 2.84. The summed E-state index contributed by atoms with van der Waals surface area (Å²) in [7, 11) is 0. The zero-order chi connectivity index (χ0) is 10.6. The molecule has 0 unspecified atom stereocenters. The average molecular weight is 296 g/mol. The number of rotatable bonds is 1. The Morgan fingerprint density at radius 1 is 1.43 bits per heavy atom. The van der Waals surface area contributed by atoms with Gasteiger partial charge in [-0.1, -0.05) is 23.4 Å². The number of alkyl halides is 1. The van der Waals surface area contributed by atoms with E-state index in [4.69, 9.17) is 23.2 Å². The van der Waals surface area contributed by atoms with Gasteiger partial charge in [0.25, 0.3) is 0 Å². The molecule has 0 nitrogen and oxygen atoms in total. The lowest BCUT2D eigenvalue weighted by molar-refractivity contribution is 0.623. The van der Waals surface area contributed by atoms with E-state index in [9.17, 15) is 4.39 Å². The minimum atomic E-state index is -0.425. The molecule has 0 aromatic heterocycles. The molecule has 0 heterocycles. The first-order valence-electron chi connectivity index (χ1n) is 3.84. The first kappa shape index (κ1) is 11.8. The van der Waals surface area contributed by atoms with Crippen LogP contribution in [0.3, 0.4) is 0 Å². The topological polar surface area (TPSA) is 0 Å². The predicted octanol–water partition coefficient (Wildman–Crippen LogP) is 4.22. The highest BCUT2D eigenvalue weighted by Gasteiger charge is 2.05. The Kier molecular flexibility index (Phi) is 4.74. The van der Waals surface area contributed by atoms with E-state index in [0.717, 1.165) is 0 Å². The molecule has 0 saturated heterocycles. The van der Waals surface area contributed by atoms with Crippen molar-refractivity contribution in [1.82, 2.24) is 0 Å². The van der Waals surface area contributed by atoms with Crippen molar-refractivity contribution in [1.29, 1.82) is 0 Å². The van der Waals surface area contributed by atoms with Crippen molar-refractivity contribution in [2.75, 3.05) is 5.88 Å². The van der Waals surface area contributed by atoms with Gasteiger partial charge in [-0.15, -0.1) is 11.6 Å². The average Bonchev–Trinajstić information content (AvgIpc) is 2.09. The van der Waals surface area contributed by atoms with Crippen LogP contribution < -0.4 is 0 Å². The fourth-order valence-electron chi connectivity index (χ4n) is 0.860. The smallest absolute Gasteiger partial charge is 0.141 e. The van der Waals surface area contributed by atoms with E-state index >= 15 is 0 Å². The lowest BCUT2D eigenvalue weighted by Gasteiger charge is -1.99. The maximum Gasteiger partial charge on any atom is 0.141 e. The molecule has 0 radical (unpaired) electrons. The normalized spacial score (nSPS) is 9.43. The van der Waals surface area contributed by atoms with Crippen LogP contribution in [0, 0.1) is 17.7 Å². The highest BCUT2D eigenvalue weighted by atomic mass is 79.9. The van der Waals surface area contributed by atoms with Crippen molar-refractivity contribution in [3.8, 4) is 11.8 Å². The third-order valence-corrected chi connectivity index (χ3v) is 2.47. The van der Waals surface area contributed by atoms with Crippen LogP contribution in [0.25, 0.3) is 0 Å². The second-order valence-electron chi connectivity index (χ2n) is 2.49. The quantitative estimate of drug-likeness (QED) is 0.537. The Morgan fingerprint density at radius 3 is 2.71 bits per heavy atom. The molecule has 4 heteroatoms. The van der Waals surface area contributed by atoms with Gasteiger partial charge in [0.1, 0.15) is 5.82 Å². The van der Waals surface area contributed by atoms with Gasteiger partial charge in [0.15, 0.2) is 0 Å². The minimum Gasteiger partial charge on any atom is -0.206 e. The Morgan fingerprint density at radius 2 is 2.14 bits per heavy atom. The van der Waals surface area contributed by atoms with E-state index in [0.29, 0.717) is 27.4 Å². The summed E-state index contributed by atoms with van der Waals surface area (Å²) in [4.78, 5) is 0. The van der Waals surface area contributed by atoms with Gasteiger partial charge >= 0.3 is 0 Å². The molecular formula is C10H6BrCl2F. The molecule has 0 saturated carbocycles. The van der Waals surface area contributed by atoms with Gasteiger partial charge in [0.05, 0.1) is 5.56 Å². The van der Waals surface area contributed by atoms with Crippen LogP contribution >= 0.6 is 39.1 Å². The summed E-state index contributed by atoms with van der Waals surface area (Å²) in [5, 5.41) is 0.345. The maximum absolute atomic E-state index is 13.3. The van der Waals surface area contributed by atoms with Gasteiger partial charge in [-0.25, -0.2) is 4.39 Å². The first-order chi connectivity index (χ1) is 6.65. The van der Waals surface area contributed by atoms with Crippen LogP contribution in [0.5, 0.6) is 0 Å². The highest BCUT2D eigenvalue weighted by Crippen LogP contribution is 2.23. The Hall–Kier alpha value is -0.230. The molecule has 0 atom stereocenters. The Balaban J connectivity index is 3.04. The Labute approximate surface area is 101 Å². The van der Waals surface area contributed by atoms with E-state index in [-0.39, 0.29) is 0 Å². The summed E-state index contributed by atoms with van der Waals surface area (Å²) in [5.41, 5.74) is 0.319. The third kappa shape index (κ3) is 3.16. The lowest BCUT2D eigenvalue weighted by atomic mass is 10.2. The van der Waals surface area contributed by atoms with Crippen LogP contribution in [-0.2, 0) is 0 Å². The molecule has 0 aliphatic rings. The largest absolute Gasteiger partial charge is 0.206 e. The monoisotopic (exact) mass is 294 g/mol.